The molecule has 1 heterocycles. The molecular formula is C12H17ClN2O. The van der Waals surface area contributed by atoms with Gasteiger partial charge in [-0.25, -0.2) is 0 Å². The molecule has 4 heteroatoms. The SMILES string of the molecule is C#CCCC(O)c1c(C(C)C)nn(C)c1Cl. The second-order valence-electron chi connectivity index (χ2n) is 4.13. The summed E-state index contributed by atoms with van der Waals surface area (Å²) in [6.07, 6.45) is 5.60. The van der Waals surface area contributed by atoms with E-state index in [1.54, 1.807) is 11.7 Å². The number of halogens is 1. The van der Waals surface area contributed by atoms with E-state index in [4.69, 9.17) is 18.0 Å². The number of hydrogen-bond acceptors (Lipinski definition) is 2. The van der Waals surface area contributed by atoms with Gasteiger partial charge >= 0.3 is 0 Å². The number of hydrogen-bond donors (Lipinski definition) is 1. The first-order chi connectivity index (χ1) is 7.49. The normalized spacial score (nSPS) is 12.8. The number of aliphatic hydroxyl groups is 1. The highest BCUT2D eigenvalue weighted by Gasteiger charge is 2.22. The minimum Gasteiger partial charge on any atom is -0.388 e. The Hall–Kier alpha value is -0.980. The van der Waals surface area contributed by atoms with Gasteiger partial charge in [0.25, 0.3) is 0 Å². The minimum atomic E-state index is -0.630. The monoisotopic (exact) mass is 240 g/mol. The predicted octanol–water partition coefficient (Wildman–Crippen LogP) is 2.64. The van der Waals surface area contributed by atoms with Crippen LogP contribution >= 0.6 is 11.6 Å². The van der Waals surface area contributed by atoms with E-state index in [9.17, 15) is 5.11 Å². The largest absolute Gasteiger partial charge is 0.388 e. The summed E-state index contributed by atoms with van der Waals surface area (Å²) < 4.78 is 1.59. The summed E-state index contributed by atoms with van der Waals surface area (Å²) in [5, 5.41) is 14.8. The predicted molar refractivity (Wildman–Crippen MR) is 65.3 cm³/mol. The fourth-order valence-corrected chi connectivity index (χ4v) is 1.90. The summed E-state index contributed by atoms with van der Waals surface area (Å²) in [6, 6.07) is 0. The third-order valence-corrected chi connectivity index (χ3v) is 2.93. The summed E-state index contributed by atoms with van der Waals surface area (Å²) in [5.41, 5.74) is 1.56. The molecule has 3 nitrogen and oxygen atoms in total. The van der Waals surface area contributed by atoms with Gasteiger partial charge < -0.3 is 5.11 Å². The lowest BCUT2D eigenvalue weighted by Crippen LogP contribution is -2.02. The fourth-order valence-electron chi connectivity index (χ4n) is 1.64. The molecule has 0 aromatic carbocycles. The van der Waals surface area contributed by atoms with Gasteiger partial charge in [0, 0.05) is 19.0 Å². The summed E-state index contributed by atoms with van der Waals surface area (Å²) in [5.74, 6) is 2.74. The van der Waals surface area contributed by atoms with Crippen LogP contribution in [-0.4, -0.2) is 14.9 Å². The third-order valence-electron chi connectivity index (χ3n) is 2.48. The van der Waals surface area contributed by atoms with Crippen molar-refractivity contribution >= 4 is 11.6 Å². The Kier molecular flexibility index (Phi) is 4.40. The van der Waals surface area contributed by atoms with E-state index in [0.29, 0.717) is 18.0 Å². The van der Waals surface area contributed by atoms with Crippen LogP contribution in [-0.2, 0) is 7.05 Å². The van der Waals surface area contributed by atoms with Crippen LogP contribution in [0.25, 0.3) is 0 Å². The Bertz CT molecular complexity index is 404. The van der Waals surface area contributed by atoms with E-state index < -0.39 is 6.10 Å². The van der Waals surface area contributed by atoms with Crippen LogP contribution in [0.1, 0.15) is 50.0 Å². The van der Waals surface area contributed by atoms with Crippen LogP contribution in [0.4, 0.5) is 0 Å². The lowest BCUT2D eigenvalue weighted by atomic mass is 10.00. The quantitative estimate of drug-likeness (QED) is 0.822. The Morgan fingerprint density at radius 3 is 2.69 bits per heavy atom. The standard InChI is InChI=1S/C12H17ClN2O/c1-5-6-7-9(16)10-11(8(2)3)14-15(4)12(10)13/h1,8-9,16H,6-7H2,2-4H3. The van der Waals surface area contributed by atoms with Gasteiger partial charge in [0.15, 0.2) is 0 Å². The van der Waals surface area contributed by atoms with Crippen LogP contribution in [0.5, 0.6) is 0 Å². The molecule has 1 unspecified atom stereocenters. The van der Waals surface area contributed by atoms with Gasteiger partial charge in [-0.1, -0.05) is 25.4 Å². The van der Waals surface area contributed by atoms with E-state index in [1.807, 2.05) is 13.8 Å². The maximum absolute atomic E-state index is 10.0. The Morgan fingerprint density at radius 2 is 2.19 bits per heavy atom. The van der Waals surface area contributed by atoms with Crippen molar-refractivity contribution in [1.29, 1.82) is 0 Å². The molecule has 0 aliphatic heterocycles. The highest BCUT2D eigenvalue weighted by molar-refractivity contribution is 6.30. The van der Waals surface area contributed by atoms with Crippen molar-refractivity contribution in [3.05, 3.63) is 16.4 Å². The molecule has 0 saturated heterocycles. The molecule has 0 bridgehead atoms. The highest BCUT2D eigenvalue weighted by atomic mass is 35.5. The van der Waals surface area contributed by atoms with Gasteiger partial charge in [0.2, 0.25) is 0 Å². The van der Waals surface area contributed by atoms with Crippen LogP contribution < -0.4 is 0 Å². The summed E-state index contributed by atoms with van der Waals surface area (Å²) in [7, 11) is 1.77. The van der Waals surface area contributed by atoms with Crippen LogP contribution in [0.2, 0.25) is 5.15 Å². The number of rotatable bonds is 4. The summed E-state index contributed by atoms with van der Waals surface area (Å²) >= 11 is 6.12. The van der Waals surface area contributed by atoms with Crippen LogP contribution in [0.3, 0.4) is 0 Å². The van der Waals surface area contributed by atoms with Crippen molar-refractivity contribution in [3.8, 4) is 12.3 Å². The van der Waals surface area contributed by atoms with Crippen molar-refractivity contribution in [2.24, 2.45) is 7.05 Å². The van der Waals surface area contributed by atoms with E-state index in [1.165, 1.54) is 0 Å². The Labute approximate surface area is 101 Å². The fraction of sp³-hybridized carbons (Fsp3) is 0.583. The first-order valence-corrected chi connectivity index (χ1v) is 5.70. The molecule has 1 aromatic rings. The van der Waals surface area contributed by atoms with E-state index in [2.05, 4.69) is 11.0 Å². The van der Waals surface area contributed by atoms with Gasteiger partial charge in [0.1, 0.15) is 5.15 Å². The summed E-state index contributed by atoms with van der Waals surface area (Å²) in [6.45, 7) is 4.05. The maximum Gasteiger partial charge on any atom is 0.132 e. The van der Waals surface area contributed by atoms with E-state index in [-0.39, 0.29) is 5.92 Å². The molecule has 0 radical (unpaired) electrons. The molecule has 1 rings (SSSR count). The van der Waals surface area contributed by atoms with Gasteiger partial charge in [-0.15, -0.1) is 12.3 Å². The zero-order chi connectivity index (χ0) is 12.3. The van der Waals surface area contributed by atoms with Crippen molar-refractivity contribution in [3.63, 3.8) is 0 Å². The lowest BCUT2D eigenvalue weighted by molar-refractivity contribution is 0.168. The molecule has 0 aliphatic carbocycles. The second-order valence-corrected chi connectivity index (χ2v) is 4.48. The zero-order valence-corrected chi connectivity index (χ0v) is 10.6. The average Bonchev–Trinajstić information content (AvgIpc) is 2.52. The molecule has 0 spiro atoms. The van der Waals surface area contributed by atoms with Crippen molar-refractivity contribution in [1.82, 2.24) is 9.78 Å². The molecule has 1 N–H and O–H groups in total. The summed E-state index contributed by atoms with van der Waals surface area (Å²) in [4.78, 5) is 0. The molecule has 88 valence electrons. The van der Waals surface area contributed by atoms with Crippen molar-refractivity contribution < 1.29 is 5.11 Å². The van der Waals surface area contributed by atoms with Gasteiger partial charge in [-0.3, -0.25) is 4.68 Å². The molecule has 0 amide bonds. The molecule has 1 atom stereocenters. The lowest BCUT2D eigenvalue weighted by Gasteiger charge is -2.11. The number of terminal acetylenes is 1. The smallest absolute Gasteiger partial charge is 0.132 e. The number of aromatic nitrogens is 2. The van der Waals surface area contributed by atoms with Gasteiger partial charge in [-0.05, 0) is 12.3 Å². The number of nitrogens with zero attached hydrogens (tertiary/aromatic N) is 2. The van der Waals surface area contributed by atoms with E-state index in [0.717, 1.165) is 11.3 Å². The van der Waals surface area contributed by atoms with Crippen molar-refractivity contribution in [2.75, 3.05) is 0 Å². The Morgan fingerprint density at radius 1 is 1.56 bits per heavy atom. The third kappa shape index (κ3) is 2.58. The van der Waals surface area contributed by atoms with Crippen LogP contribution in [0, 0.1) is 12.3 Å². The molecule has 0 fully saturated rings. The van der Waals surface area contributed by atoms with Gasteiger partial charge in [-0.2, -0.15) is 5.10 Å². The Balaban J connectivity index is 3.06. The number of aliphatic hydroxyl groups excluding tert-OH is 1. The molecule has 0 aliphatic rings. The average molecular weight is 241 g/mol. The maximum atomic E-state index is 10.0. The zero-order valence-electron chi connectivity index (χ0n) is 9.87. The first kappa shape index (κ1) is 13.1. The molecule has 0 saturated carbocycles. The highest BCUT2D eigenvalue weighted by Crippen LogP contribution is 2.32. The van der Waals surface area contributed by atoms with E-state index >= 15 is 0 Å². The van der Waals surface area contributed by atoms with Crippen LogP contribution in [0.15, 0.2) is 0 Å². The molecule has 16 heavy (non-hydrogen) atoms. The minimum absolute atomic E-state index is 0.231. The van der Waals surface area contributed by atoms with Gasteiger partial charge in [0.05, 0.1) is 11.8 Å². The topological polar surface area (TPSA) is 38.1 Å². The first-order valence-electron chi connectivity index (χ1n) is 5.32. The van der Waals surface area contributed by atoms with Crippen molar-refractivity contribution in [2.45, 2.75) is 38.7 Å². The second kappa shape index (κ2) is 5.38. The number of aryl methyl sites for hydroxylation is 1. The molecular weight excluding hydrogens is 224 g/mol. The molecule has 1 aromatic heterocycles.